The van der Waals surface area contributed by atoms with Gasteiger partial charge in [0.25, 0.3) is 0 Å². The monoisotopic (exact) mass is 159 g/mol. The molecular formula is C7H13NO3. The highest BCUT2D eigenvalue weighted by molar-refractivity contribution is 5.75. The summed E-state index contributed by atoms with van der Waals surface area (Å²) in [5, 5.41) is 3.07. The Kier molecular flexibility index (Phi) is 2.84. The first-order chi connectivity index (χ1) is 5.24. The Morgan fingerprint density at radius 2 is 2.36 bits per heavy atom. The van der Waals surface area contributed by atoms with Gasteiger partial charge in [0.15, 0.2) is 0 Å². The minimum absolute atomic E-state index is 0.229. The van der Waals surface area contributed by atoms with Gasteiger partial charge in [0.1, 0.15) is 6.04 Å². The van der Waals surface area contributed by atoms with E-state index < -0.39 is 0 Å². The Labute approximate surface area is 65.9 Å². The predicted octanol–water partition coefficient (Wildman–Crippen LogP) is -0.464. The van der Waals surface area contributed by atoms with Crippen molar-refractivity contribution in [3.63, 3.8) is 0 Å². The largest absolute Gasteiger partial charge is 0.468 e. The van der Waals surface area contributed by atoms with E-state index in [0.717, 1.165) is 0 Å². The predicted molar refractivity (Wildman–Crippen MR) is 39.2 cm³/mol. The first kappa shape index (κ1) is 8.49. The first-order valence-corrected chi connectivity index (χ1v) is 3.65. The number of esters is 1. The van der Waals surface area contributed by atoms with Crippen LogP contribution in [0.3, 0.4) is 0 Å². The zero-order chi connectivity index (χ0) is 8.27. The van der Waals surface area contributed by atoms with E-state index in [1.54, 1.807) is 0 Å². The number of nitrogens with one attached hydrogen (secondary N) is 1. The number of carbonyl (C=O) groups is 1. The average Bonchev–Trinajstić information content (AvgIpc) is 2.03. The third-order valence-corrected chi connectivity index (χ3v) is 1.62. The van der Waals surface area contributed by atoms with Crippen molar-refractivity contribution in [2.45, 2.75) is 19.0 Å². The van der Waals surface area contributed by atoms with Gasteiger partial charge in [-0.3, -0.25) is 10.1 Å². The van der Waals surface area contributed by atoms with Gasteiger partial charge in [0, 0.05) is 6.04 Å². The maximum absolute atomic E-state index is 10.9. The van der Waals surface area contributed by atoms with Gasteiger partial charge in [-0.05, 0) is 6.92 Å². The highest BCUT2D eigenvalue weighted by Crippen LogP contribution is 1.99. The molecule has 4 nitrogen and oxygen atoms in total. The van der Waals surface area contributed by atoms with Gasteiger partial charge in [0.05, 0.1) is 20.3 Å². The fraction of sp³-hybridized carbons (Fsp3) is 0.857. The molecule has 4 heteroatoms. The molecule has 1 saturated heterocycles. The summed E-state index contributed by atoms with van der Waals surface area (Å²) >= 11 is 0. The molecule has 2 unspecified atom stereocenters. The summed E-state index contributed by atoms with van der Waals surface area (Å²) in [7, 11) is 1.38. The fourth-order valence-electron chi connectivity index (χ4n) is 1.08. The van der Waals surface area contributed by atoms with Gasteiger partial charge in [-0.2, -0.15) is 0 Å². The van der Waals surface area contributed by atoms with Crippen molar-refractivity contribution in [3.05, 3.63) is 0 Å². The van der Waals surface area contributed by atoms with E-state index in [2.05, 4.69) is 10.1 Å². The lowest BCUT2D eigenvalue weighted by Crippen LogP contribution is -2.51. The van der Waals surface area contributed by atoms with Gasteiger partial charge in [-0.1, -0.05) is 0 Å². The van der Waals surface area contributed by atoms with Crippen molar-refractivity contribution >= 4 is 5.97 Å². The summed E-state index contributed by atoms with van der Waals surface area (Å²) in [6.07, 6.45) is 0. The van der Waals surface area contributed by atoms with Crippen LogP contribution >= 0.6 is 0 Å². The van der Waals surface area contributed by atoms with Crippen molar-refractivity contribution in [3.8, 4) is 0 Å². The summed E-state index contributed by atoms with van der Waals surface area (Å²) in [6, 6.07) is -0.0587. The van der Waals surface area contributed by atoms with Crippen LogP contribution in [0.15, 0.2) is 0 Å². The summed E-state index contributed by atoms with van der Waals surface area (Å²) < 4.78 is 9.71. The minimum atomic E-state index is -0.288. The number of morpholine rings is 1. The number of ether oxygens (including phenoxy) is 2. The second-order valence-corrected chi connectivity index (χ2v) is 2.68. The van der Waals surface area contributed by atoms with Crippen molar-refractivity contribution in [2.24, 2.45) is 0 Å². The number of hydrogen-bond acceptors (Lipinski definition) is 4. The number of rotatable bonds is 1. The van der Waals surface area contributed by atoms with Crippen molar-refractivity contribution in [1.29, 1.82) is 0 Å². The Balaban J connectivity index is 2.39. The van der Waals surface area contributed by atoms with Crippen LogP contribution in [0.1, 0.15) is 6.92 Å². The summed E-state index contributed by atoms with van der Waals surface area (Å²) in [5.41, 5.74) is 0. The average molecular weight is 159 g/mol. The zero-order valence-electron chi connectivity index (χ0n) is 6.79. The third-order valence-electron chi connectivity index (χ3n) is 1.62. The Bertz CT molecular complexity index is 149. The molecule has 1 aliphatic rings. The van der Waals surface area contributed by atoms with Gasteiger partial charge in [-0.25, -0.2) is 0 Å². The van der Waals surface area contributed by atoms with Crippen molar-refractivity contribution in [1.82, 2.24) is 5.32 Å². The van der Waals surface area contributed by atoms with E-state index in [1.165, 1.54) is 7.11 Å². The highest BCUT2D eigenvalue weighted by Gasteiger charge is 2.24. The van der Waals surface area contributed by atoms with E-state index in [4.69, 9.17) is 4.74 Å². The second-order valence-electron chi connectivity index (χ2n) is 2.68. The normalized spacial score (nSPS) is 31.5. The molecule has 64 valence electrons. The number of methoxy groups -OCH3 is 1. The molecule has 2 atom stereocenters. The van der Waals surface area contributed by atoms with Gasteiger partial charge >= 0.3 is 5.97 Å². The molecule has 0 aromatic rings. The van der Waals surface area contributed by atoms with Crippen LogP contribution in [-0.2, 0) is 14.3 Å². The molecular weight excluding hydrogens is 146 g/mol. The maximum atomic E-state index is 10.9. The quantitative estimate of drug-likeness (QED) is 0.526. The summed E-state index contributed by atoms with van der Waals surface area (Å²) in [4.78, 5) is 10.9. The molecule has 0 bridgehead atoms. The summed E-state index contributed by atoms with van der Waals surface area (Å²) in [5.74, 6) is -0.253. The van der Waals surface area contributed by atoms with Crippen molar-refractivity contribution in [2.75, 3.05) is 20.3 Å². The lowest BCUT2D eigenvalue weighted by atomic mass is 10.2. The van der Waals surface area contributed by atoms with Gasteiger partial charge < -0.3 is 9.47 Å². The van der Waals surface area contributed by atoms with Crippen LogP contribution in [-0.4, -0.2) is 38.4 Å². The highest BCUT2D eigenvalue weighted by atomic mass is 16.5. The Morgan fingerprint density at radius 3 is 2.91 bits per heavy atom. The van der Waals surface area contributed by atoms with Crippen LogP contribution < -0.4 is 5.32 Å². The lowest BCUT2D eigenvalue weighted by molar-refractivity contribution is -0.146. The SMILES string of the molecule is COC(=O)C1COCC(C)N1. The molecule has 0 aliphatic carbocycles. The standard InChI is InChI=1S/C7H13NO3/c1-5-3-11-4-6(8-5)7(9)10-2/h5-6,8H,3-4H2,1-2H3. The van der Waals surface area contributed by atoms with Crippen LogP contribution in [0.5, 0.6) is 0 Å². The van der Waals surface area contributed by atoms with Crippen LogP contribution in [0, 0.1) is 0 Å². The van der Waals surface area contributed by atoms with E-state index in [1.807, 2.05) is 6.92 Å². The van der Waals surface area contributed by atoms with E-state index in [-0.39, 0.29) is 18.1 Å². The van der Waals surface area contributed by atoms with Gasteiger partial charge in [-0.15, -0.1) is 0 Å². The molecule has 11 heavy (non-hydrogen) atoms. The van der Waals surface area contributed by atoms with Gasteiger partial charge in [0.2, 0.25) is 0 Å². The van der Waals surface area contributed by atoms with Crippen LogP contribution in [0.4, 0.5) is 0 Å². The second kappa shape index (κ2) is 3.69. The van der Waals surface area contributed by atoms with Crippen LogP contribution in [0.2, 0.25) is 0 Å². The molecule has 1 N–H and O–H groups in total. The molecule has 0 spiro atoms. The maximum Gasteiger partial charge on any atom is 0.325 e. The minimum Gasteiger partial charge on any atom is -0.468 e. The molecule has 0 amide bonds. The molecule has 1 heterocycles. The molecule has 0 saturated carbocycles. The summed E-state index contributed by atoms with van der Waals surface area (Å²) in [6.45, 7) is 3.04. The third kappa shape index (κ3) is 2.17. The number of hydrogen-bond donors (Lipinski definition) is 1. The molecule has 1 rings (SSSR count). The Morgan fingerprint density at radius 1 is 1.64 bits per heavy atom. The molecule has 0 radical (unpaired) electrons. The topological polar surface area (TPSA) is 47.6 Å². The van der Waals surface area contributed by atoms with E-state index in [9.17, 15) is 4.79 Å². The number of carbonyl (C=O) groups excluding carboxylic acids is 1. The molecule has 0 aromatic carbocycles. The molecule has 0 aromatic heterocycles. The molecule has 1 fully saturated rings. The van der Waals surface area contributed by atoms with Crippen LogP contribution in [0.25, 0.3) is 0 Å². The van der Waals surface area contributed by atoms with E-state index >= 15 is 0 Å². The van der Waals surface area contributed by atoms with Crippen molar-refractivity contribution < 1.29 is 14.3 Å². The Hall–Kier alpha value is -0.610. The smallest absolute Gasteiger partial charge is 0.325 e. The molecule has 1 aliphatic heterocycles. The zero-order valence-corrected chi connectivity index (χ0v) is 6.79. The fourth-order valence-corrected chi connectivity index (χ4v) is 1.08. The first-order valence-electron chi connectivity index (χ1n) is 3.65. The lowest BCUT2D eigenvalue weighted by Gasteiger charge is -2.26. The van der Waals surface area contributed by atoms with E-state index in [0.29, 0.717) is 13.2 Å².